The molecule has 13 nitrogen and oxygen atoms in total. The SMILES string of the molecule is CC(=O)NC(C(=O)N[C@@H](CCCNC(C)O)C(=O)N[C@@H](CCC(=O)C=[NH+]N)C(=O)OC(C)C)C(C)C. The second-order valence-electron chi connectivity index (χ2n) is 9.12. The Bertz CT molecular complexity index is 770. The van der Waals surface area contributed by atoms with Gasteiger partial charge in [0.15, 0.2) is 0 Å². The number of carbonyl (C=O) groups is 5. The number of aliphatic hydroxyl groups excluding tert-OH is 1. The topological polar surface area (TPSA) is 203 Å². The summed E-state index contributed by atoms with van der Waals surface area (Å²) >= 11 is 0. The van der Waals surface area contributed by atoms with Crippen LogP contribution in [0.15, 0.2) is 0 Å². The number of hydrazone groups is 1. The highest BCUT2D eigenvalue weighted by Gasteiger charge is 2.31. The summed E-state index contributed by atoms with van der Waals surface area (Å²) in [6, 6.07) is -3.06. The fourth-order valence-electron chi connectivity index (χ4n) is 3.19. The smallest absolute Gasteiger partial charge is 0.328 e. The lowest BCUT2D eigenvalue weighted by atomic mass is 10.0. The molecule has 4 atom stereocenters. The molecule has 2 unspecified atom stereocenters. The molecule has 0 aliphatic carbocycles. The van der Waals surface area contributed by atoms with Gasteiger partial charge in [0.1, 0.15) is 24.4 Å². The van der Waals surface area contributed by atoms with E-state index in [1.807, 2.05) is 0 Å². The number of nitrogens with one attached hydrogen (secondary N) is 5. The summed E-state index contributed by atoms with van der Waals surface area (Å²) in [5.41, 5.74) is 0. The summed E-state index contributed by atoms with van der Waals surface area (Å²) in [6.45, 7) is 10.0. The second-order valence-corrected chi connectivity index (χ2v) is 9.12. The molecule has 8 N–H and O–H groups in total. The zero-order valence-corrected chi connectivity index (χ0v) is 22.1. The molecule has 0 aromatic heterocycles. The van der Waals surface area contributed by atoms with Gasteiger partial charge in [0.05, 0.1) is 6.10 Å². The van der Waals surface area contributed by atoms with Crippen molar-refractivity contribution in [3.63, 3.8) is 0 Å². The van der Waals surface area contributed by atoms with Crippen molar-refractivity contribution in [2.75, 3.05) is 6.54 Å². The van der Waals surface area contributed by atoms with Crippen molar-refractivity contribution in [1.29, 1.82) is 0 Å². The van der Waals surface area contributed by atoms with E-state index in [1.165, 1.54) is 6.92 Å². The lowest BCUT2D eigenvalue weighted by Gasteiger charge is -2.26. The van der Waals surface area contributed by atoms with Crippen molar-refractivity contribution in [3.8, 4) is 0 Å². The van der Waals surface area contributed by atoms with Gasteiger partial charge in [-0.3, -0.25) is 24.5 Å². The van der Waals surface area contributed by atoms with Gasteiger partial charge in [-0.1, -0.05) is 13.8 Å². The van der Waals surface area contributed by atoms with E-state index >= 15 is 0 Å². The van der Waals surface area contributed by atoms with E-state index in [9.17, 15) is 29.1 Å². The normalized spacial score (nSPS) is 14.7. The minimum atomic E-state index is -1.14. The van der Waals surface area contributed by atoms with Crippen LogP contribution in [0.5, 0.6) is 0 Å². The summed E-state index contributed by atoms with van der Waals surface area (Å²) in [6.07, 6.45) is 0.304. The number of ketones is 1. The Morgan fingerprint density at radius 3 is 2.06 bits per heavy atom. The van der Waals surface area contributed by atoms with Gasteiger partial charge < -0.3 is 25.8 Å². The maximum Gasteiger partial charge on any atom is 0.328 e. The minimum Gasteiger partial charge on any atom is -0.461 e. The Balaban J connectivity index is 5.66. The van der Waals surface area contributed by atoms with Crippen molar-refractivity contribution in [2.24, 2.45) is 11.8 Å². The third-order valence-corrected chi connectivity index (χ3v) is 4.93. The van der Waals surface area contributed by atoms with Crippen molar-refractivity contribution in [2.45, 2.75) is 97.7 Å². The lowest BCUT2D eigenvalue weighted by Crippen LogP contribution is -2.77. The largest absolute Gasteiger partial charge is 0.461 e. The third kappa shape index (κ3) is 14.4. The first-order chi connectivity index (χ1) is 16.8. The van der Waals surface area contributed by atoms with E-state index < -0.39 is 54.1 Å². The molecule has 0 spiro atoms. The van der Waals surface area contributed by atoms with Crippen LogP contribution in [0.1, 0.15) is 67.2 Å². The zero-order valence-electron chi connectivity index (χ0n) is 22.1. The minimum absolute atomic E-state index is 0.0426. The maximum absolute atomic E-state index is 13.2. The number of ether oxygens (including phenoxy) is 1. The predicted molar refractivity (Wildman–Crippen MR) is 132 cm³/mol. The summed E-state index contributed by atoms with van der Waals surface area (Å²) in [5.74, 6) is 2.17. The van der Waals surface area contributed by atoms with E-state index in [-0.39, 0.29) is 31.0 Å². The first-order valence-corrected chi connectivity index (χ1v) is 12.1. The van der Waals surface area contributed by atoms with Gasteiger partial charge in [-0.25, -0.2) is 10.6 Å². The Hall–Kier alpha value is -3.06. The fraction of sp³-hybridized carbons (Fsp3) is 0.739. The molecule has 0 radical (unpaired) electrons. The average Bonchev–Trinajstić information content (AvgIpc) is 2.75. The van der Waals surface area contributed by atoms with E-state index in [0.29, 0.717) is 13.0 Å². The zero-order chi connectivity index (χ0) is 27.8. The van der Waals surface area contributed by atoms with E-state index in [0.717, 1.165) is 6.21 Å². The first kappa shape index (κ1) is 32.9. The van der Waals surface area contributed by atoms with Crippen molar-refractivity contribution >= 4 is 35.7 Å². The average molecular weight is 516 g/mol. The molecular formula is C23H43N6O7+. The number of carbonyl (C=O) groups excluding carboxylic acids is 5. The van der Waals surface area contributed by atoms with E-state index in [2.05, 4.69) is 26.4 Å². The molecule has 0 aliphatic heterocycles. The quantitative estimate of drug-likeness (QED) is 0.0266. The summed E-state index contributed by atoms with van der Waals surface area (Å²) in [4.78, 5) is 62.0. The summed E-state index contributed by atoms with van der Waals surface area (Å²) in [5, 5.41) is 22.1. The van der Waals surface area contributed by atoms with E-state index in [1.54, 1.807) is 34.6 Å². The maximum atomic E-state index is 13.2. The van der Waals surface area contributed by atoms with Crippen molar-refractivity contribution in [1.82, 2.24) is 21.3 Å². The van der Waals surface area contributed by atoms with Gasteiger partial charge in [0, 0.05) is 13.3 Å². The highest BCUT2D eigenvalue weighted by Crippen LogP contribution is 2.08. The molecule has 0 heterocycles. The fourth-order valence-corrected chi connectivity index (χ4v) is 3.19. The van der Waals surface area contributed by atoms with Gasteiger partial charge in [0.2, 0.25) is 29.7 Å². The van der Waals surface area contributed by atoms with Gasteiger partial charge >= 0.3 is 5.97 Å². The highest BCUT2D eigenvalue weighted by atomic mass is 16.5. The number of Topliss-reactive ketones (excluding diaryl/α,β-unsaturated/α-hetero) is 1. The van der Waals surface area contributed by atoms with Crippen LogP contribution in [-0.4, -0.2) is 77.8 Å². The van der Waals surface area contributed by atoms with Gasteiger partial charge in [-0.05, 0) is 52.5 Å². The molecule has 0 bridgehead atoms. The molecule has 0 rings (SSSR count). The molecule has 0 saturated carbocycles. The monoisotopic (exact) mass is 515 g/mol. The van der Waals surface area contributed by atoms with Crippen LogP contribution in [-0.2, 0) is 28.7 Å². The first-order valence-electron chi connectivity index (χ1n) is 12.1. The van der Waals surface area contributed by atoms with Crippen LogP contribution in [0, 0.1) is 5.92 Å². The van der Waals surface area contributed by atoms with Crippen LogP contribution >= 0.6 is 0 Å². The summed E-state index contributed by atoms with van der Waals surface area (Å²) in [7, 11) is 0. The van der Waals surface area contributed by atoms with Gasteiger partial charge in [-0.15, -0.1) is 5.10 Å². The number of rotatable bonds is 17. The van der Waals surface area contributed by atoms with Gasteiger partial charge in [0.25, 0.3) is 0 Å². The molecule has 0 aromatic carbocycles. The van der Waals surface area contributed by atoms with E-state index in [4.69, 9.17) is 10.6 Å². The molecule has 3 amide bonds. The number of hydrazine groups is 1. The Morgan fingerprint density at radius 1 is 0.944 bits per heavy atom. The van der Waals surface area contributed by atoms with Crippen LogP contribution in [0.3, 0.4) is 0 Å². The summed E-state index contributed by atoms with van der Waals surface area (Å²) < 4.78 is 5.22. The molecule has 36 heavy (non-hydrogen) atoms. The molecule has 206 valence electrons. The Kier molecular flexibility index (Phi) is 15.9. The van der Waals surface area contributed by atoms with Crippen LogP contribution < -0.4 is 32.2 Å². The third-order valence-electron chi connectivity index (χ3n) is 4.93. The second kappa shape index (κ2) is 17.4. The van der Waals surface area contributed by atoms with Gasteiger partial charge in [-0.2, -0.15) is 0 Å². The molecule has 0 saturated heterocycles. The molecule has 0 aromatic rings. The number of aliphatic hydroxyl groups is 1. The predicted octanol–water partition coefficient (Wildman–Crippen LogP) is -2.85. The van der Waals surface area contributed by atoms with Crippen LogP contribution in [0.4, 0.5) is 0 Å². The molecule has 0 aliphatic rings. The number of amides is 3. The molecular weight excluding hydrogens is 472 g/mol. The van der Waals surface area contributed by atoms with Crippen LogP contribution in [0.2, 0.25) is 0 Å². The van der Waals surface area contributed by atoms with Crippen molar-refractivity contribution in [3.05, 3.63) is 0 Å². The number of hydrogen-bond acceptors (Lipinski definition) is 9. The highest BCUT2D eigenvalue weighted by molar-refractivity contribution is 6.25. The Morgan fingerprint density at radius 2 is 1.56 bits per heavy atom. The number of hydrogen-bond donors (Lipinski definition) is 7. The van der Waals surface area contributed by atoms with Crippen LogP contribution in [0.25, 0.3) is 0 Å². The lowest BCUT2D eigenvalue weighted by molar-refractivity contribution is -0.463. The molecule has 13 heteroatoms. The standard InChI is InChI=1S/C23H42N6O7/c1-13(2)20(27-16(6)31)22(34)28-18(8-7-11-25-15(5)30)21(33)29-19(23(35)36-14(3)4)10-9-17(32)12-26-24/h12-15,18-20,25,30H,7-11,24H2,1-6H3,(H,27,31)(H,28,34)(H,29,33)/p+1/t15?,18-,19-,20?/m0/s1. The Labute approximate surface area is 212 Å². The molecule has 0 fully saturated rings. The van der Waals surface area contributed by atoms with Crippen molar-refractivity contribution < 1.29 is 38.9 Å². The number of nitrogens with two attached hydrogens (primary N) is 1. The number of esters is 1.